The molecule has 0 heterocycles. The van der Waals surface area contributed by atoms with Crippen LogP contribution >= 0.6 is 11.6 Å². The molecule has 0 saturated heterocycles. The predicted octanol–water partition coefficient (Wildman–Crippen LogP) is 2.79. The predicted molar refractivity (Wildman–Crippen MR) is 74.0 cm³/mol. The van der Waals surface area contributed by atoms with Gasteiger partial charge in [0.2, 0.25) is 0 Å². The topological polar surface area (TPSA) is 49.3 Å². The number of carbonyl (C=O) groups excluding carboxylic acids is 1. The minimum Gasteiger partial charge on any atom is -0.396 e. The lowest BCUT2D eigenvalue weighted by Crippen LogP contribution is -2.39. The second-order valence-electron chi connectivity index (χ2n) is 4.80. The van der Waals surface area contributed by atoms with Crippen molar-refractivity contribution >= 4 is 17.5 Å². The molecule has 4 heteroatoms. The quantitative estimate of drug-likeness (QED) is 0.864. The highest BCUT2D eigenvalue weighted by Gasteiger charge is 2.16. The van der Waals surface area contributed by atoms with Crippen LogP contribution in [0.15, 0.2) is 18.2 Å². The normalized spacial score (nSPS) is 12.6. The molecule has 1 amide bonds. The van der Waals surface area contributed by atoms with Gasteiger partial charge in [-0.15, -0.1) is 0 Å². The molecule has 0 fully saturated rings. The third-order valence-corrected chi connectivity index (χ3v) is 3.41. The maximum absolute atomic E-state index is 12.1. The number of aliphatic hydroxyl groups is 1. The number of halogens is 1. The van der Waals surface area contributed by atoms with E-state index >= 15 is 0 Å². The number of benzene rings is 1. The molecule has 0 spiro atoms. The molecule has 0 aliphatic heterocycles. The van der Waals surface area contributed by atoms with E-state index in [1.807, 2.05) is 20.8 Å². The number of nitrogens with one attached hydrogen (secondary N) is 1. The van der Waals surface area contributed by atoms with Gasteiger partial charge >= 0.3 is 0 Å². The molecule has 0 aliphatic rings. The summed E-state index contributed by atoms with van der Waals surface area (Å²) >= 11 is 5.93. The largest absolute Gasteiger partial charge is 0.396 e. The van der Waals surface area contributed by atoms with Gasteiger partial charge in [0.25, 0.3) is 5.91 Å². The first-order valence-electron chi connectivity index (χ1n) is 6.13. The maximum Gasteiger partial charge on any atom is 0.251 e. The van der Waals surface area contributed by atoms with Gasteiger partial charge in [-0.2, -0.15) is 0 Å². The Balaban J connectivity index is 2.77. The van der Waals surface area contributed by atoms with Crippen molar-refractivity contribution in [2.75, 3.05) is 6.61 Å². The van der Waals surface area contributed by atoms with Crippen molar-refractivity contribution in [2.24, 2.45) is 5.92 Å². The molecule has 0 aromatic heterocycles. The van der Waals surface area contributed by atoms with Crippen molar-refractivity contribution in [1.82, 2.24) is 5.32 Å². The number of hydrogen-bond acceptors (Lipinski definition) is 2. The minimum absolute atomic E-state index is 0.0153. The molecule has 0 aliphatic carbocycles. The van der Waals surface area contributed by atoms with Gasteiger partial charge in [-0.05, 0) is 43.0 Å². The number of aliphatic hydroxyl groups excluding tert-OH is 1. The van der Waals surface area contributed by atoms with Crippen LogP contribution in [-0.2, 0) is 0 Å². The van der Waals surface area contributed by atoms with Gasteiger partial charge in [-0.3, -0.25) is 4.79 Å². The lowest BCUT2D eigenvalue weighted by molar-refractivity contribution is 0.0916. The van der Waals surface area contributed by atoms with E-state index in [1.54, 1.807) is 18.2 Å². The van der Waals surface area contributed by atoms with Gasteiger partial charge in [-0.25, -0.2) is 0 Å². The fourth-order valence-corrected chi connectivity index (χ4v) is 1.87. The van der Waals surface area contributed by atoms with Gasteiger partial charge in [0, 0.05) is 23.2 Å². The highest BCUT2D eigenvalue weighted by atomic mass is 35.5. The van der Waals surface area contributed by atoms with Gasteiger partial charge in [0.1, 0.15) is 0 Å². The smallest absolute Gasteiger partial charge is 0.251 e. The van der Waals surface area contributed by atoms with E-state index in [0.717, 1.165) is 5.56 Å². The molecule has 1 aromatic carbocycles. The Kier molecular flexibility index (Phi) is 5.63. The Labute approximate surface area is 113 Å². The number of hydrogen-bond donors (Lipinski definition) is 2. The zero-order valence-corrected chi connectivity index (χ0v) is 11.8. The number of amides is 1. The van der Waals surface area contributed by atoms with E-state index in [0.29, 0.717) is 17.0 Å². The Morgan fingerprint density at radius 3 is 2.61 bits per heavy atom. The zero-order valence-electron chi connectivity index (χ0n) is 11.0. The van der Waals surface area contributed by atoms with E-state index in [4.69, 9.17) is 16.7 Å². The van der Waals surface area contributed by atoms with Crippen LogP contribution in [0.5, 0.6) is 0 Å². The van der Waals surface area contributed by atoms with Crippen LogP contribution in [0.1, 0.15) is 36.2 Å². The highest BCUT2D eigenvalue weighted by molar-refractivity contribution is 6.31. The van der Waals surface area contributed by atoms with Crippen molar-refractivity contribution in [1.29, 1.82) is 0 Å². The van der Waals surface area contributed by atoms with E-state index < -0.39 is 0 Å². The summed E-state index contributed by atoms with van der Waals surface area (Å²) in [5, 5.41) is 12.6. The first-order valence-corrected chi connectivity index (χ1v) is 6.51. The molecular weight excluding hydrogens is 250 g/mol. The first kappa shape index (κ1) is 15.0. The summed E-state index contributed by atoms with van der Waals surface area (Å²) in [6.07, 6.45) is 0.565. The lowest BCUT2D eigenvalue weighted by Gasteiger charge is -2.21. The van der Waals surface area contributed by atoms with Crippen molar-refractivity contribution in [3.05, 3.63) is 34.3 Å². The zero-order chi connectivity index (χ0) is 13.7. The molecule has 0 bridgehead atoms. The van der Waals surface area contributed by atoms with Crippen molar-refractivity contribution < 1.29 is 9.90 Å². The lowest BCUT2D eigenvalue weighted by atomic mass is 10.0. The Morgan fingerprint density at radius 2 is 2.11 bits per heavy atom. The molecule has 3 nitrogen and oxygen atoms in total. The maximum atomic E-state index is 12.1. The second-order valence-corrected chi connectivity index (χ2v) is 5.21. The van der Waals surface area contributed by atoms with Gasteiger partial charge in [-0.1, -0.05) is 25.4 Å². The third kappa shape index (κ3) is 4.00. The standard InChI is InChI=1S/C14H20ClNO2/c1-9(2)13(6-7-17)16-14(18)11-4-5-12(15)10(3)8-11/h4-5,8-9,13,17H,6-7H2,1-3H3,(H,16,18). The summed E-state index contributed by atoms with van der Waals surface area (Å²) in [7, 11) is 0. The Morgan fingerprint density at radius 1 is 1.44 bits per heavy atom. The van der Waals surface area contributed by atoms with Gasteiger partial charge in [0.15, 0.2) is 0 Å². The second kappa shape index (κ2) is 6.76. The monoisotopic (exact) mass is 269 g/mol. The molecule has 18 heavy (non-hydrogen) atoms. The van der Waals surface area contributed by atoms with Crippen LogP contribution in [0.3, 0.4) is 0 Å². The summed E-state index contributed by atoms with van der Waals surface area (Å²) in [5.74, 6) is 0.163. The summed E-state index contributed by atoms with van der Waals surface area (Å²) < 4.78 is 0. The molecule has 1 unspecified atom stereocenters. The molecule has 1 atom stereocenters. The van der Waals surface area contributed by atoms with E-state index in [-0.39, 0.29) is 24.5 Å². The SMILES string of the molecule is Cc1cc(C(=O)NC(CCO)C(C)C)ccc1Cl. The number of aryl methyl sites for hydroxylation is 1. The van der Waals surface area contributed by atoms with E-state index in [9.17, 15) is 4.79 Å². The average molecular weight is 270 g/mol. The Bertz CT molecular complexity index is 418. The van der Waals surface area contributed by atoms with Gasteiger partial charge in [0.05, 0.1) is 0 Å². The Hall–Kier alpha value is -1.06. The first-order chi connectivity index (χ1) is 8.45. The average Bonchev–Trinajstić information content (AvgIpc) is 2.31. The molecule has 0 saturated carbocycles. The fraction of sp³-hybridized carbons (Fsp3) is 0.500. The molecule has 100 valence electrons. The molecular formula is C14H20ClNO2. The summed E-state index contributed by atoms with van der Waals surface area (Å²) in [4.78, 5) is 12.1. The van der Waals surface area contributed by atoms with Crippen molar-refractivity contribution in [3.63, 3.8) is 0 Å². The van der Waals surface area contributed by atoms with E-state index in [2.05, 4.69) is 5.32 Å². The minimum atomic E-state index is -0.123. The number of carbonyl (C=O) groups is 1. The molecule has 0 radical (unpaired) electrons. The van der Waals surface area contributed by atoms with Crippen LogP contribution in [0.2, 0.25) is 5.02 Å². The summed E-state index contributed by atoms with van der Waals surface area (Å²) in [6, 6.07) is 5.19. The summed E-state index contributed by atoms with van der Waals surface area (Å²) in [5.41, 5.74) is 1.48. The fourth-order valence-electron chi connectivity index (χ4n) is 1.75. The van der Waals surface area contributed by atoms with Gasteiger partial charge < -0.3 is 10.4 Å². The van der Waals surface area contributed by atoms with Crippen LogP contribution in [0.4, 0.5) is 0 Å². The van der Waals surface area contributed by atoms with Crippen LogP contribution in [0.25, 0.3) is 0 Å². The van der Waals surface area contributed by atoms with E-state index in [1.165, 1.54) is 0 Å². The molecule has 1 rings (SSSR count). The number of rotatable bonds is 5. The van der Waals surface area contributed by atoms with Crippen LogP contribution in [0, 0.1) is 12.8 Å². The third-order valence-electron chi connectivity index (χ3n) is 2.98. The van der Waals surface area contributed by atoms with Crippen LogP contribution < -0.4 is 5.32 Å². The molecule has 1 aromatic rings. The van der Waals surface area contributed by atoms with Crippen molar-refractivity contribution in [3.8, 4) is 0 Å². The van der Waals surface area contributed by atoms with Crippen LogP contribution in [-0.4, -0.2) is 23.7 Å². The van der Waals surface area contributed by atoms with Crippen molar-refractivity contribution in [2.45, 2.75) is 33.2 Å². The summed E-state index contributed by atoms with van der Waals surface area (Å²) in [6.45, 7) is 5.98. The highest BCUT2D eigenvalue weighted by Crippen LogP contribution is 2.16. The molecule has 2 N–H and O–H groups in total.